The van der Waals surface area contributed by atoms with E-state index in [-0.39, 0.29) is 5.84 Å². The van der Waals surface area contributed by atoms with Gasteiger partial charge in [-0.2, -0.15) is 0 Å². The highest BCUT2D eigenvalue weighted by atomic mass is 15.1. The molecule has 19 heavy (non-hydrogen) atoms. The van der Waals surface area contributed by atoms with Crippen molar-refractivity contribution in [3.05, 3.63) is 65.2 Å². The number of hydrogen-bond donors (Lipinski definition) is 2. The summed E-state index contributed by atoms with van der Waals surface area (Å²) < 4.78 is 0. The molecule has 0 radical (unpaired) electrons. The molecular weight excluding hydrogens is 234 g/mol. The molecule has 1 aliphatic rings. The van der Waals surface area contributed by atoms with Crippen molar-refractivity contribution in [3.8, 4) is 0 Å². The predicted octanol–water partition coefficient (Wildman–Crippen LogP) is 2.53. The molecule has 0 amide bonds. The van der Waals surface area contributed by atoms with Crippen molar-refractivity contribution in [2.45, 2.75) is 13.0 Å². The van der Waals surface area contributed by atoms with Gasteiger partial charge in [0.25, 0.3) is 0 Å². The summed E-state index contributed by atoms with van der Waals surface area (Å²) in [6, 6.07) is 16.5. The summed E-state index contributed by atoms with van der Waals surface area (Å²) in [6.45, 7) is 1.99. The van der Waals surface area contributed by atoms with Crippen LogP contribution in [0.1, 0.15) is 16.7 Å². The summed E-state index contributed by atoms with van der Waals surface area (Å²) in [5.41, 5.74) is 10.3. The average molecular weight is 251 g/mol. The summed E-state index contributed by atoms with van der Waals surface area (Å²) in [6.07, 6.45) is 1.13. The van der Waals surface area contributed by atoms with Crippen molar-refractivity contribution in [2.75, 3.05) is 11.4 Å². The zero-order valence-corrected chi connectivity index (χ0v) is 10.8. The van der Waals surface area contributed by atoms with Crippen LogP contribution in [0.25, 0.3) is 0 Å². The number of anilines is 1. The van der Waals surface area contributed by atoms with Gasteiger partial charge in [-0.1, -0.05) is 42.5 Å². The first-order chi connectivity index (χ1) is 9.24. The van der Waals surface area contributed by atoms with Crippen LogP contribution in [0.3, 0.4) is 0 Å². The third kappa shape index (κ3) is 2.32. The Morgan fingerprint density at radius 1 is 1.11 bits per heavy atom. The van der Waals surface area contributed by atoms with Gasteiger partial charge in [0.1, 0.15) is 5.84 Å². The van der Waals surface area contributed by atoms with Crippen LogP contribution in [0.4, 0.5) is 5.69 Å². The summed E-state index contributed by atoms with van der Waals surface area (Å²) in [4.78, 5) is 2.40. The van der Waals surface area contributed by atoms with E-state index in [1.807, 2.05) is 12.1 Å². The molecule has 0 saturated carbocycles. The normalized spacial score (nSPS) is 13.4. The minimum absolute atomic E-state index is 0.123. The number of fused-ring (bicyclic) bond motifs is 1. The third-order valence-corrected chi connectivity index (χ3v) is 3.62. The molecule has 0 saturated heterocycles. The number of rotatable bonds is 3. The first-order valence-corrected chi connectivity index (χ1v) is 6.50. The summed E-state index contributed by atoms with van der Waals surface area (Å²) in [5.74, 6) is 0.123. The average Bonchev–Trinajstić information content (AvgIpc) is 2.83. The van der Waals surface area contributed by atoms with Crippen molar-refractivity contribution in [1.29, 1.82) is 5.41 Å². The number of para-hydroxylation sites is 1. The van der Waals surface area contributed by atoms with Gasteiger partial charge < -0.3 is 10.6 Å². The molecule has 3 heteroatoms. The van der Waals surface area contributed by atoms with Crippen LogP contribution in [-0.4, -0.2) is 12.4 Å². The fraction of sp³-hybridized carbons (Fsp3) is 0.188. The van der Waals surface area contributed by atoms with Gasteiger partial charge in [0.2, 0.25) is 0 Å². The number of amidine groups is 1. The van der Waals surface area contributed by atoms with Gasteiger partial charge in [-0.05, 0) is 23.6 Å². The summed E-state index contributed by atoms with van der Waals surface area (Å²) in [7, 11) is 0. The van der Waals surface area contributed by atoms with Crippen LogP contribution >= 0.6 is 0 Å². The fourth-order valence-corrected chi connectivity index (χ4v) is 2.58. The molecule has 1 aliphatic heterocycles. The molecule has 1 heterocycles. The van der Waals surface area contributed by atoms with E-state index in [0.29, 0.717) is 0 Å². The standard InChI is InChI=1S/C16H17N3/c17-16(18)14-7-5-12(6-8-14)11-19-10-9-13-3-1-2-4-15(13)19/h1-8H,9-11H2,(H3,17,18). The van der Waals surface area contributed by atoms with Gasteiger partial charge in [0, 0.05) is 24.3 Å². The Labute approximate surface area is 113 Å². The second kappa shape index (κ2) is 4.76. The summed E-state index contributed by atoms with van der Waals surface area (Å²) >= 11 is 0. The Morgan fingerprint density at radius 2 is 1.84 bits per heavy atom. The van der Waals surface area contributed by atoms with Gasteiger partial charge in [-0.15, -0.1) is 0 Å². The Morgan fingerprint density at radius 3 is 2.58 bits per heavy atom. The molecule has 3 nitrogen and oxygen atoms in total. The van der Waals surface area contributed by atoms with Crippen LogP contribution in [0.2, 0.25) is 0 Å². The van der Waals surface area contributed by atoms with Gasteiger partial charge in [0.15, 0.2) is 0 Å². The zero-order chi connectivity index (χ0) is 13.2. The van der Waals surface area contributed by atoms with Crippen LogP contribution < -0.4 is 10.6 Å². The van der Waals surface area contributed by atoms with Gasteiger partial charge >= 0.3 is 0 Å². The molecule has 0 aliphatic carbocycles. The largest absolute Gasteiger partial charge is 0.384 e. The number of nitrogens with one attached hydrogen (secondary N) is 1. The van der Waals surface area contributed by atoms with Crippen molar-refractivity contribution in [2.24, 2.45) is 5.73 Å². The molecule has 0 aromatic heterocycles. The second-order valence-electron chi connectivity index (χ2n) is 4.91. The summed E-state index contributed by atoms with van der Waals surface area (Å²) in [5, 5.41) is 7.39. The van der Waals surface area contributed by atoms with Crippen molar-refractivity contribution < 1.29 is 0 Å². The molecule has 0 fully saturated rings. The predicted molar refractivity (Wildman–Crippen MR) is 78.7 cm³/mol. The number of nitrogens with two attached hydrogens (primary N) is 1. The SMILES string of the molecule is N=C(N)c1ccc(CN2CCc3ccccc32)cc1. The van der Waals surface area contributed by atoms with Crippen LogP contribution in [0, 0.1) is 5.41 Å². The van der Waals surface area contributed by atoms with Gasteiger partial charge in [-0.25, -0.2) is 0 Å². The lowest BCUT2D eigenvalue weighted by molar-refractivity contribution is 0.836. The monoisotopic (exact) mass is 251 g/mol. The lowest BCUT2D eigenvalue weighted by atomic mass is 10.1. The number of benzene rings is 2. The maximum absolute atomic E-state index is 7.39. The van der Waals surface area contributed by atoms with E-state index < -0.39 is 0 Å². The van der Waals surface area contributed by atoms with E-state index in [1.165, 1.54) is 16.8 Å². The topological polar surface area (TPSA) is 53.1 Å². The van der Waals surface area contributed by atoms with Gasteiger partial charge in [0.05, 0.1) is 0 Å². The van der Waals surface area contributed by atoms with Crippen LogP contribution in [-0.2, 0) is 13.0 Å². The van der Waals surface area contributed by atoms with E-state index in [4.69, 9.17) is 11.1 Å². The number of hydrogen-bond acceptors (Lipinski definition) is 2. The van der Waals surface area contributed by atoms with Crippen LogP contribution in [0.15, 0.2) is 48.5 Å². The smallest absolute Gasteiger partial charge is 0.122 e. The van der Waals surface area contributed by atoms with E-state index in [2.05, 4.69) is 41.3 Å². The molecule has 2 aromatic carbocycles. The molecule has 0 atom stereocenters. The van der Waals surface area contributed by atoms with Crippen molar-refractivity contribution >= 4 is 11.5 Å². The number of nitrogen functional groups attached to an aromatic ring is 1. The van der Waals surface area contributed by atoms with Gasteiger partial charge in [-0.3, -0.25) is 5.41 Å². The van der Waals surface area contributed by atoms with E-state index in [9.17, 15) is 0 Å². The van der Waals surface area contributed by atoms with Crippen molar-refractivity contribution in [3.63, 3.8) is 0 Å². The lowest BCUT2D eigenvalue weighted by Gasteiger charge is -2.19. The molecule has 2 aromatic rings. The molecule has 3 rings (SSSR count). The maximum Gasteiger partial charge on any atom is 0.122 e. The first kappa shape index (κ1) is 11.8. The van der Waals surface area contributed by atoms with E-state index >= 15 is 0 Å². The molecular formula is C16H17N3. The van der Waals surface area contributed by atoms with E-state index in [0.717, 1.165) is 25.1 Å². The van der Waals surface area contributed by atoms with Crippen molar-refractivity contribution in [1.82, 2.24) is 0 Å². The second-order valence-corrected chi connectivity index (χ2v) is 4.91. The maximum atomic E-state index is 7.39. The molecule has 96 valence electrons. The molecule has 0 spiro atoms. The molecule has 0 unspecified atom stereocenters. The van der Waals surface area contributed by atoms with E-state index in [1.54, 1.807) is 0 Å². The zero-order valence-electron chi connectivity index (χ0n) is 10.8. The Hall–Kier alpha value is -2.29. The minimum atomic E-state index is 0.123. The highest BCUT2D eigenvalue weighted by molar-refractivity contribution is 5.94. The van der Waals surface area contributed by atoms with Crippen LogP contribution in [0.5, 0.6) is 0 Å². The highest BCUT2D eigenvalue weighted by Crippen LogP contribution is 2.28. The third-order valence-electron chi connectivity index (χ3n) is 3.62. The first-order valence-electron chi connectivity index (χ1n) is 6.50. The Bertz CT molecular complexity index is 602. The lowest BCUT2D eigenvalue weighted by Crippen LogP contribution is -2.19. The number of nitrogens with zero attached hydrogens (tertiary/aromatic N) is 1. The molecule has 3 N–H and O–H groups in total. The fourth-order valence-electron chi connectivity index (χ4n) is 2.58. The molecule has 0 bridgehead atoms. The highest BCUT2D eigenvalue weighted by Gasteiger charge is 2.17. The quantitative estimate of drug-likeness (QED) is 0.650. The Balaban J connectivity index is 1.78. The minimum Gasteiger partial charge on any atom is -0.384 e. The Kier molecular flexibility index (Phi) is 2.95.